The van der Waals surface area contributed by atoms with Crippen LogP contribution in [0.5, 0.6) is 11.5 Å². The minimum atomic E-state index is 0.205. The molecule has 1 unspecified atom stereocenters. The van der Waals surface area contributed by atoms with E-state index >= 15 is 0 Å². The van der Waals surface area contributed by atoms with Crippen LogP contribution in [0, 0.1) is 6.92 Å². The Bertz CT molecular complexity index is 561. The smallest absolute Gasteiger partial charge is 0.160 e. The lowest BCUT2D eigenvalue weighted by Crippen LogP contribution is -2.00. The van der Waals surface area contributed by atoms with Crippen molar-refractivity contribution in [3.8, 4) is 11.5 Å². The van der Waals surface area contributed by atoms with E-state index in [1.807, 2.05) is 12.1 Å². The molecule has 2 aromatic carbocycles. The SMILES string of the molecule is COc1ccc(C(C)Cc2ccccc2C)cc1O. The minimum Gasteiger partial charge on any atom is -0.504 e. The van der Waals surface area contributed by atoms with Gasteiger partial charge < -0.3 is 9.84 Å². The molecule has 0 amide bonds. The fourth-order valence-corrected chi connectivity index (χ4v) is 2.30. The molecule has 0 aliphatic carbocycles. The third kappa shape index (κ3) is 3.08. The Morgan fingerprint density at radius 1 is 1.16 bits per heavy atom. The molecule has 0 heterocycles. The number of aryl methyl sites for hydroxylation is 1. The Labute approximate surface area is 114 Å². The van der Waals surface area contributed by atoms with Gasteiger partial charge in [0.25, 0.3) is 0 Å². The Hall–Kier alpha value is -1.96. The van der Waals surface area contributed by atoms with Crippen LogP contribution in [0.4, 0.5) is 0 Å². The zero-order chi connectivity index (χ0) is 13.8. The van der Waals surface area contributed by atoms with Gasteiger partial charge in [-0.1, -0.05) is 37.3 Å². The Balaban J connectivity index is 2.18. The number of phenolic OH excluding ortho intramolecular Hbond substituents is 1. The summed E-state index contributed by atoms with van der Waals surface area (Å²) in [6, 6.07) is 14.0. The molecule has 0 saturated heterocycles. The van der Waals surface area contributed by atoms with Gasteiger partial charge in [0.2, 0.25) is 0 Å². The predicted octanol–water partition coefficient (Wildman–Crippen LogP) is 4.06. The van der Waals surface area contributed by atoms with Crippen LogP contribution in [-0.4, -0.2) is 12.2 Å². The first-order chi connectivity index (χ1) is 9.11. The predicted molar refractivity (Wildman–Crippen MR) is 78.0 cm³/mol. The van der Waals surface area contributed by atoms with E-state index in [9.17, 15) is 5.11 Å². The summed E-state index contributed by atoms with van der Waals surface area (Å²) in [5.41, 5.74) is 3.79. The van der Waals surface area contributed by atoms with Crippen molar-refractivity contribution in [1.82, 2.24) is 0 Å². The largest absolute Gasteiger partial charge is 0.504 e. The molecule has 0 saturated carbocycles. The number of benzene rings is 2. The lowest BCUT2D eigenvalue weighted by molar-refractivity contribution is 0.373. The van der Waals surface area contributed by atoms with Crippen molar-refractivity contribution in [2.24, 2.45) is 0 Å². The molecular weight excluding hydrogens is 236 g/mol. The van der Waals surface area contributed by atoms with Crippen molar-refractivity contribution in [2.45, 2.75) is 26.2 Å². The number of phenols is 1. The van der Waals surface area contributed by atoms with Gasteiger partial charge in [-0.05, 0) is 48.1 Å². The number of hydrogen-bond donors (Lipinski definition) is 1. The molecule has 0 fully saturated rings. The molecule has 0 bridgehead atoms. The lowest BCUT2D eigenvalue weighted by Gasteiger charge is -2.15. The van der Waals surface area contributed by atoms with Gasteiger partial charge in [-0.2, -0.15) is 0 Å². The van der Waals surface area contributed by atoms with E-state index in [4.69, 9.17) is 4.74 Å². The molecule has 2 rings (SSSR count). The Morgan fingerprint density at radius 2 is 1.89 bits per heavy atom. The van der Waals surface area contributed by atoms with Gasteiger partial charge in [0, 0.05) is 0 Å². The summed E-state index contributed by atoms with van der Waals surface area (Å²) in [5, 5.41) is 9.84. The van der Waals surface area contributed by atoms with Gasteiger partial charge in [0.05, 0.1) is 7.11 Å². The Kier molecular flexibility index (Phi) is 4.10. The second kappa shape index (κ2) is 5.79. The highest BCUT2D eigenvalue weighted by molar-refractivity contribution is 5.43. The normalized spacial score (nSPS) is 12.2. The average molecular weight is 256 g/mol. The number of hydrogen-bond acceptors (Lipinski definition) is 2. The van der Waals surface area contributed by atoms with Crippen molar-refractivity contribution in [2.75, 3.05) is 7.11 Å². The third-order valence-corrected chi connectivity index (χ3v) is 3.56. The maximum Gasteiger partial charge on any atom is 0.160 e. The first-order valence-electron chi connectivity index (χ1n) is 6.53. The highest BCUT2D eigenvalue weighted by atomic mass is 16.5. The van der Waals surface area contributed by atoms with Gasteiger partial charge in [0.1, 0.15) is 0 Å². The quantitative estimate of drug-likeness (QED) is 0.894. The molecule has 1 N–H and O–H groups in total. The molecule has 19 heavy (non-hydrogen) atoms. The molecule has 0 radical (unpaired) electrons. The molecule has 0 spiro atoms. The second-order valence-electron chi connectivity index (χ2n) is 4.96. The molecule has 100 valence electrons. The summed E-state index contributed by atoms with van der Waals surface area (Å²) < 4.78 is 5.07. The van der Waals surface area contributed by atoms with E-state index in [0.717, 1.165) is 12.0 Å². The van der Waals surface area contributed by atoms with Crippen LogP contribution in [-0.2, 0) is 6.42 Å². The lowest BCUT2D eigenvalue weighted by atomic mass is 9.91. The topological polar surface area (TPSA) is 29.5 Å². The first-order valence-corrected chi connectivity index (χ1v) is 6.53. The molecule has 0 aliphatic heterocycles. The van der Waals surface area contributed by atoms with E-state index in [1.165, 1.54) is 11.1 Å². The van der Waals surface area contributed by atoms with Crippen molar-refractivity contribution >= 4 is 0 Å². The highest BCUT2D eigenvalue weighted by Crippen LogP contribution is 2.31. The minimum absolute atomic E-state index is 0.205. The summed E-state index contributed by atoms with van der Waals surface area (Å²) in [6.45, 7) is 4.31. The first kappa shape index (κ1) is 13.5. The zero-order valence-electron chi connectivity index (χ0n) is 11.7. The van der Waals surface area contributed by atoms with Crippen molar-refractivity contribution < 1.29 is 9.84 Å². The number of methoxy groups -OCH3 is 1. The summed E-state index contributed by atoms with van der Waals surface area (Å²) in [7, 11) is 1.56. The van der Waals surface area contributed by atoms with Gasteiger partial charge in [0.15, 0.2) is 11.5 Å². The maximum absolute atomic E-state index is 9.84. The summed E-state index contributed by atoms with van der Waals surface area (Å²) >= 11 is 0. The number of aromatic hydroxyl groups is 1. The van der Waals surface area contributed by atoms with Crippen molar-refractivity contribution in [3.63, 3.8) is 0 Å². The molecule has 2 nitrogen and oxygen atoms in total. The standard InChI is InChI=1S/C17H20O2/c1-12-6-4-5-7-14(12)10-13(2)15-8-9-17(19-3)16(18)11-15/h4-9,11,13,18H,10H2,1-3H3. The number of rotatable bonds is 4. The van der Waals surface area contributed by atoms with E-state index in [0.29, 0.717) is 11.7 Å². The average Bonchev–Trinajstić information content (AvgIpc) is 2.41. The summed E-state index contributed by atoms with van der Waals surface area (Å²) in [4.78, 5) is 0. The maximum atomic E-state index is 9.84. The van der Waals surface area contributed by atoms with Gasteiger partial charge in [-0.15, -0.1) is 0 Å². The van der Waals surface area contributed by atoms with Crippen molar-refractivity contribution in [1.29, 1.82) is 0 Å². The van der Waals surface area contributed by atoms with Crippen LogP contribution in [0.3, 0.4) is 0 Å². The number of ether oxygens (including phenoxy) is 1. The highest BCUT2D eigenvalue weighted by Gasteiger charge is 2.11. The molecule has 0 aliphatic rings. The van der Waals surface area contributed by atoms with E-state index in [-0.39, 0.29) is 5.75 Å². The zero-order valence-corrected chi connectivity index (χ0v) is 11.7. The van der Waals surface area contributed by atoms with Crippen LogP contribution < -0.4 is 4.74 Å². The van der Waals surface area contributed by atoms with Crippen LogP contribution in [0.1, 0.15) is 29.5 Å². The van der Waals surface area contributed by atoms with Crippen LogP contribution in [0.25, 0.3) is 0 Å². The summed E-state index contributed by atoms with van der Waals surface area (Å²) in [5.74, 6) is 1.08. The van der Waals surface area contributed by atoms with Crippen LogP contribution in [0.15, 0.2) is 42.5 Å². The molecule has 2 aromatic rings. The second-order valence-corrected chi connectivity index (χ2v) is 4.96. The monoisotopic (exact) mass is 256 g/mol. The van der Waals surface area contributed by atoms with E-state index < -0.39 is 0 Å². The van der Waals surface area contributed by atoms with Crippen LogP contribution in [0.2, 0.25) is 0 Å². The van der Waals surface area contributed by atoms with Gasteiger partial charge in [-0.25, -0.2) is 0 Å². The molecule has 1 atom stereocenters. The third-order valence-electron chi connectivity index (χ3n) is 3.56. The fourth-order valence-electron chi connectivity index (χ4n) is 2.30. The molecule has 0 aromatic heterocycles. The molecular formula is C17H20O2. The molecule has 2 heteroatoms. The Morgan fingerprint density at radius 3 is 2.53 bits per heavy atom. The van der Waals surface area contributed by atoms with E-state index in [2.05, 4.69) is 38.1 Å². The van der Waals surface area contributed by atoms with Gasteiger partial charge in [-0.3, -0.25) is 0 Å². The summed E-state index contributed by atoms with van der Waals surface area (Å²) in [6.07, 6.45) is 0.971. The fraction of sp³-hybridized carbons (Fsp3) is 0.294. The van der Waals surface area contributed by atoms with Gasteiger partial charge >= 0.3 is 0 Å². The van der Waals surface area contributed by atoms with Crippen LogP contribution >= 0.6 is 0 Å². The van der Waals surface area contributed by atoms with E-state index in [1.54, 1.807) is 13.2 Å². The van der Waals surface area contributed by atoms with Crippen molar-refractivity contribution in [3.05, 3.63) is 59.2 Å².